The maximum atomic E-state index is 12.4. The molecule has 0 aliphatic rings. The first-order chi connectivity index (χ1) is 22.0. The Morgan fingerprint density at radius 1 is 0.489 bits per heavy atom. The maximum Gasteiger partial charge on any atom is 0.155 e. The average molecular weight is 632 g/mol. The predicted molar refractivity (Wildman–Crippen MR) is 200 cm³/mol. The van der Waals surface area contributed by atoms with Gasteiger partial charge in [0.1, 0.15) is 5.78 Å². The number of nitrogens with zero attached hydrogens (tertiary/aromatic N) is 1. The van der Waals surface area contributed by atoms with Crippen LogP contribution >= 0.6 is 0 Å². The van der Waals surface area contributed by atoms with E-state index in [1.807, 2.05) is 6.08 Å². The summed E-state index contributed by atoms with van der Waals surface area (Å²) in [5.41, 5.74) is 0. The molecule has 0 fully saturated rings. The van der Waals surface area contributed by atoms with Crippen LogP contribution in [0, 0.1) is 5.92 Å². The van der Waals surface area contributed by atoms with Gasteiger partial charge in [-0.1, -0.05) is 162 Å². The van der Waals surface area contributed by atoms with Gasteiger partial charge >= 0.3 is 0 Å². The summed E-state index contributed by atoms with van der Waals surface area (Å²) in [4.78, 5) is 26.2. The van der Waals surface area contributed by atoms with Crippen LogP contribution in [0.1, 0.15) is 220 Å². The van der Waals surface area contributed by atoms with Crippen LogP contribution in [-0.2, 0) is 9.59 Å². The zero-order chi connectivity index (χ0) is 33.1. The Balaban J connectivity index is 4.08. The second-order valence-corrected chi connectivity index (χ2v) is 14.4. The maximum absolute atomic E-state index is 12.4. The average Bonchev–Trinajstić information content (AvgIpc) is 3.02. The van der Waals surface area contributed by atoms with Crippen molar-refractivity contribution < 1.29 is 9.59 Å². The second kappa shape index (κ2) is 35.9. The molecule has 0 atom stereocenters. The van der Waals surface area contributed by atoms with Crippen molar-refractivity contribution >= 4 is 11.6 Å². The largest absolute Gasteiger partial charge is 0.303 e. The Morgan fingerprint density at radius 2 is 0.889 bits per heavy atom. The monoisotopic (exact) mass is 632 g/mol. The molecule has 0 saturated heterocycles. The van der Waals surface area contributed by atoms with E-state index in [0.717, 1.165) is 38.0 Å². The highest BCUT2D eigenvalue weighted by Crippen LogP contribution is 2.23. The number of carbonyl (C=O) groups excluding carboxylic acids is 2. The minimum Gasteiger partial charge on any atom is -0.303 e. The van der Waals surface area contributed by atoms with Crippen molar-refractivity contribution in [3.8, 4) is 0 Å². The second-order valence-electron chi connectivity index (χ2n) is 14.4. The Bertz CT molecular complexity index is 647. The molecule has 0 bridgehead atoms. The van der Waals surface area contributed by atoms with Gasteiger partial charge in [-0.25, -0.2) is 0 Å². The summed E-state index contributed by atoms with van der Waals surface area (Å²) in [5, 5.41) is 0. The number of rotatable bonds is 37. The lowest BCUT2D eigenvalue weighted by Crippen LogP contribution is -2.27. The van der Waals surface area contributed by atoms with Gasteiger partial charge in [-0.15, -0.1) is 0 Å². The Hall–Kier alpha value is -0.960. The van der Waals surface area contributed by atoms with E-state index in [2.05, 4.69) is 31.7 Å². The van der Waals surface area contributed by atoms with Crippen LogP contribution < -0.4 is 0 Å². The van der Waals surface area contributed by atoms with E-state index in [1.165, 1.54) is 180 Å². The quantitative estimate of drug-likeness (QED) is 0.0505. The predicted octanol–water partition coefficient (Wildman–Crippen LogP) is 13.4. The Kier molecular flexibility index (Phi) is 35.1. The molecule has 0 amide bonds. The summed E-state index contributed by atoms with van der Waals surface area (Å²) in [6.07, 6.45) is 42.0. The van der Waals surface area contributed by atoms with Crippen LogP contribution in [0.2, 0.25) is 0 Å². The zero-order valence-corrected chi connectivity index (χ0v) is 31.3. The molecule has 3 nitrogen and oxygen atoms in total. The lowest BCUT2D eigenvalue weighted by molar-refractivity contribution is -0.117. The number of ketones is 2. The number of unbranched alkanes of at least 4 members (excludes halogenated alkanes) is 19. The molecule has 0 aliphatic carbocycles. The van der Waals surface area contributed by atoms with Crippen molar-refractivity contribution in [3.63, 3.8) is 0 Å². The molecular weight excluding hydrogens is 550 g/mol. The molecule has 0 saturated carbocycles. The SMILES string of the molecule is CCCCCCCCCN(CCCCCCCC(C)=O)CCCCCCCC(=O)/C=C\CCCC(CCCCC)CCCCC. The first kappa shape index (κ1) is 44.0. The zero-order valence-electron chi connectivity index (χ0n) is 31.3. The fourth-order valence-electron chi connectivity index (χ4n) is 6.65. The van der Waals surface area contributed by atoms with Crippen molar-refractivity contribution in [2.24, 2.45) is 5.92 Å². The molecule has 0 aliphatic heterocycles. The molecule has 0 radical (unpaired) electrons. The highest BCUT2D eigenvalue weighted by atomic mass is 16.1. The van der Waals surface area contributed by atoms with Gasteiger partial charge in [0.2, 0.25) is 0 Å². The van der Waals surface area contributed by atoms with Gasteiger partial charge in [-0.2, -0.15) is 0 Å². The van der Waals surface area contributed by atoms with Crippen LogP contribution in [0.15, 0.2) is 12.2 Å². The van der Waals surface area contributed by atoms with Gasteiger partial charge in [0.25, 0.3) is 0 Å². The topological polar surface area (TPSA) is 37.4 Å². The van der Waals surface area contributed by atoms with Crippen molar-refractivity contribution in [2.45, 2.75) is 220 Å². The van der Waals surface area contributed by atoms with Gasteiger partial charge in [0.05, 0.1) is 0 Å². The molecule has 0 rings (SSSR count). The first-order valence-electron chi connectivity index (χ1n) is 20.4. The van der Waals surface area contributed by atoms with Crippen molar-refractivity contribution in [1.82, 2.24) is 4.90 Å². The number of hydrogen-bond donors (Lipinski definition) is 0. The molecule has 0 aromatic rings. The summed E-state index contributed by atoms with van der Waals surface area (Å²) < 4.78 is 0. The third kappa shape index (κ3) is 34.2. The van der Waals surface area contributed by atoms with Gasteiger partial charge in [0, 0.05) is 12.8 Å². The van der Waals surface area contributed by atoms with E-state index in [0.29, 0.717) is 11.6 Å². The Morgan fingerprint density at radius 3 is 1.38 bits per heavy atom. The lowest BCUT2D eigenvalue weighted by atomic mass is 9.90. The summed E-state index contributed by atoms with van der Waals surface area (Å²) >= 11 is 0. The number of carbonyl (C=O) groups is 2. The van der Waals surface area contributed by atoms with Crippen LogP contribution in [-0.4, -0.2) is 36.1 Å². The van der Waals surface area contributed by atoms with Crippen LogP contribution in [0.5, 0.6) is 0 Å². The molecule has 0 unspecified atom stereocenters. The minimum absolute atomic E-state index is 0.333. The van der Waals surface area contributed by atoms with Crippen molar-refractivity contribution in [3.05, 3.63) is 12.2 Å². The third-order valence-electron chi connectivity index (χ3n) is 9.70. The molecule has 0 spiro atoms. The number of Topliss-reactive ketones (excluding diaryl/α,β-unsaturated/α-hetero) is 1. The number of hydrogen-bond acceptors (Lipinski definition) is 3. The lowest BCUT2D eigenvalue weighted by Gasteiger charge is -2.22. The summed E-state index contributed by atoms with van der Waals surface area (Å²) in [5.74, 6) is 1.56. The molecule has 0 N–H and O–H groups in total. The van der Waals surface area contributed by atoms with Crippen molar-refractivity contribution in [2.75, 3.05) is 19.6 Å². The highest BCUT2D eigenvalue weighted by Gasteiger charge is 2.08. The molecular formula is C42H81NO2. The van der Waals surface area contributed by atoms with Crippen LogP contribution in [0.3, 0.4) is 0 Å². The van der Waals surface area contributed by atoms with Crippen LogP contribution in [0.4, 0.5) is 0 Å². The van der Waals surface area contributed by atoms with E-state index >= 15 is 0 Å². The molecule has 0 aromatic heterocycles. The summed E-state index contributed by atoms with van der Waals surface area (Å²) in [7, 11) is 0. The highest BCUT2D eigenvalue weighted by molar-refractivity contribution is 5.89. The van der Waals surface area contributed by atoms with Crippen LogP contribution in [0.25, 0.3) is 0 Å². The normalized spacial score (nSPS) is 11.9. The molecule has 0 aromatic carbocycles. The fourth-order valence-corrected chi connectivity index (χ4v) is 6.65. The van der Waals surface area contributed by atoms with Gasteiger partial charge in [0.15, 0.2) is 5.78 Å². The summed E-state index contributed by atoms with van der Waals surface area (Å²) in [6.45, 7) is 12.3. The number of allylic oxidation sites excluding steroid dienone is 2. The van der Waals surface area contributed by atoms with E-state index in [4.69, 9.17) is 0 Å². The summed E-state index contributed by atoms with van der Waals surface area (Å²) in [6, 6.07) is 0. The standard InChI is InChI=1S/C42H81NO2/c1-5-8-11-12-13-18-28-37-43(38-29-19-14-16-24-31-40(4)44)39-30-20-15-17-26-35-42(45)36-27-21-25-34-41(32-22-9-6-2)33-23-10-7-3/h27,36,41H,5-26,28-35,37-39H2,1-4H3/b36-27-. The Labute approximate surface area is 283 Å². The molecule has 3 heteroatoms. The van der Waals surface area contributed by atoms with E-state index < -0.39 is 0 Å². The van der Waals surface area contributed by atoms with Crippen molar-refractivity contribution in [1.29, 1.82) is 0 Å². The molecule has 266 valence electrons. The van der Waals surface area contributed by atoms with E-state index in [9.17, 15) is 9.59 Å². The van der Waals surface area contributed by atoms with Gasteiger partial charge in [-0.3, -0.25) is 4.79 Å². The smallest absolute Gasteiger partial charge is 0.155 e. The van der Waals surface area contributed by atoms with E-state index in [1.54, 1.807) is 6.92 Å². The molecule has 0 heterocycles. The first-order valence-corrected chi connectivity index (χ1v) is 20.4. The van der Waals surface area contributed by atoms with Gasteiger partial charge < -0.3 is 9.69 Å². The fraction of sp³-hybridized carbons (Fsp3) is 0.905. The van der Waals surface area contributed by atoms with Gasteiger partial charge in [-0.05, 0) is 83.5 Å². The molecule has 45 heavy (non-hydrogen) atoms. The third-order valence-corrected chi connectivity index (χ3v) is 9.70. The van der Waals surface area contributed by atoms with E-state index in [-0.39, 0.29) is 0 Å². The minimum atomic E-state index is 0.333.